The summed E-state index contributed by atoms with van der Waals surface area (Å²) in [6, 6.07) is 3.37. The highest BCUT2D eigenvalue weighted by Crippen LogP contribution is 2.23. The van der Waals surface area contributed by atoms with E-state index in [0.29, 0.717) is 53.3 Å². The number of fused-ring (bicyclic) bond motifs is 1. The highest BCUT2D eigenvalue weighted by Gasteiger charge is 2.41. The molecule has 1 fully saturated rings. The number of carboxylic acid groups (broad SMARTS) is 1. The lowest BCUT2D eigenvalue weighted by Gasteiger charge is -2.30. The summed E-state index contributed by atoms with van der Waals surface area (Å²) >= 11 is 0. The smallest absolute Gasteiger partial charge is 0.303 e. The first-order valence-electron chi connectivity index (χ1n) is 38.2. The standard InChI is InChI=1S/C76H109N21O18/c1-4-5-18-51(89-73(113)59(40-99)95-71(111)55(91-65(105)49(78)39-98)33-44-23-25-47(100)26-24-44)67(107)90-53(27-28-62(102)103)69(109)94-58(35-46-37-82-41-86-46)72(112)92-56(32-43-15-7-6-8-16-43)70(110)88-52(21-13-30-83-76(80)81)68(108)93-57(34-45-36-84-50-19-10-9-17-48(45)50)66(106)85-38-61(101)87-54(20-11-12-29-77)75(115)97-31-14-22-60(97)74(114)96-63(42(2)3)64(79)104/h6-10,15-17,19,23-26,36-37,41-42,49,51-60,63,84,98-100H,4-5,11-14,18,20-22,27-35,38-40,77-78H2,1-3H3,(H2,79,104)(H,82,86)(H,85,106)(H,87,101)(H,88,110)(H,89,113)(H,90,107)(H,91,105)(H,92,112)(H,93,108)(H,94,109)(H,95,111)(H,96,114)(H,102,103)(H4,80,81,83)/t49-,51-,52-,53-,54-,55-,56-,57-,58-,59-,60-,63-/m0/s1. The van der Waals surface area contributed by atoms with Gasteiger partial charge in [0.05, 0.1) is 31.8 Å². The Bertz CT molecular complexity index is 4110. The third-order valence-corrected chi connectivity index (χ3v) is 19.1. The van der Waals surface area contributed by atoms with E-state index in [2.05, 4.69) is 78.8 Å². The van der Waals surface area contributed by atoms with E-state index in [0.717, 1.165) is 0 Å². The summed E-state index contributed by atoms with van der Waals surface area (Å²) in [6.07, 6.45) is 3.96. The molecule has 1 saturated heterocycles. The van der Waals surface area contributed by atoms with Gasteiger partial charge in [-0.25, -0.2) is 4.98 Å². The number of aliphatic hydroxyl groups is 2. The first-order chi connectivity index (χ1) is 54.9. The molecule has 3 heterocycles. The van der Waals surface area contributed by atoms with Gasteiger partial charge in [0, 0.05) is 68.5 Å². The van der Waals surface area contributed by atoms with E-state index >= 15 is 14.4 Å². The Morgan fingerprint density at radius 2 is 1.10 bits per heavy atom. The van der Waals surface area contributed by atoms with Crippen LogP contribution in [-0.4, -0.2) is 241 Å². The second-order valence-corrected chi connectivity index (χ2v) is 28.4. The number of guanidine groups is 1. The Kier molecular flexibility index (Phi) is 37.3. The number of nitrogens with zero attached hydrogens (tertiary/aromatic N) is 2. The minimum absolute atomic E-state index is 0.00127. The molecular weight excluding hydrogens is 1490 g/mol. The maximum atomic E-state index is 15.2. The number of aliphatic carboxylic acids is 1. The fourth-order valence-electron chi connectivity index (χ4n) is 12.8. The number of amides is 13. The van der Waals surface area contributed by atoms with Crippen molar-refractivity contribution in [3.8, 4) is 5.75 Å². The van der Waals surface area contributed by atoms with E-state index in [1.54, 1.807) is 81.6 Å². The number of phenolic OH excluding ortho intramolecular Hbond substituents is 1. The third-order valence-electron chi connectivity index (χ3n) is 19.1. The van der Waals surface area contributed by atoms with Crippen molar-refractivity contribution < 1.29 is 87.5 Å². The number of hydrogen-bond donors (Lipinski definition) is 23. The third kappa shape index (κ3) is 29.7. The lowest BCUT2D eigenvalue weighted by atomic mass is 10.0. The first-order valence-corrected chi connectivity index (χ1v) is 38.2. The summed E-state index contributed by atoms with van der Waals surface area (Å²) in [5.74, 6) is -14.1. The number of aliphatic hydroxyl groups excluding tert-OH is 2. The van der Waals surface area contributed by atoms with E-state index in [9.17, 15) is 73.2 Å². The number of rotatable bonds is 49. The average Bonchev–Trinajstić information content (AvgIpc) is 1.39. The van der Waals surface area contributed by atoms with Gasteiger partial charge in [0.1, 0.15) is 78.3 Å². The van der Waals surface area contributed by atoms with Crippen LogP contribution < -0.4 is 86.7 Å². The van der Waals surface area contributed by atoms with Crippen LogP contribution in [0.15, 0.2) is 97.6 Å². The van der Waals surface area contributed by atoms with Crippen LogP contribution >= 0.6 is 0 Å². The molecule has 39 nitrogen and oxygen atoms in total. The Labute approximate surface area is 663 Å². The van der Waals surface area contributed by atoms with Gasteiger partial charge in [-0.2, -0.15) is 0 Å². The fraction of sp³-hybridized carbons (Fsp3) is 0.500. The highest BCUT2D eigenvalue weighted by molar-refractivity contribution is 6.00. The molecule has 0 aliphatic carbocycles. The van der Waals surface area contributed by atoms with Crippen LogP contribution in [0, 0.1) is 11.3 Å². The number of benzene rings is 3. The second-order valence-electron chi connectivity index (χ2n) is 28.4. The largest absolute Gasteiger partial charge is 0.508 e. The van der Waals surface area contributed by atoms with Crippen LogP contribution in [0.1, 0.15) is 120 Å². The van der Waals surface area contributed by atoms with Crippen LogP contribution in [0.25, 0.3) is 10.9 Å². The number of aromatic nitrogens is 3. The van der Waals surface area contributed by atoms with Crippen LogP contribution in [-0.2, 0) is 92.8 Å². The topological polar surface area (TPSA) is 640 Å². The number of carbonyl (C=O) groups is 14. The van der Waals surface area contributed by atoms with Crippen molar-refractivity contribution >= 4 is 99.6 Å². The average molecular weight is 1600 g/mol. The molecule has 6 rings (SSSR count). The number of aromatic hydroxyl groups is 1. The number of nitrogens with two attached hydrogens (primary N) is 4. The zero-order valence-corrected chi connectivity index (χ0v) is 64.5. The summed E-state index contributed by atoms with van der Waals surface area (Å²) < 4.78 is 0. The summed E-state index contributed by atoms with van der Waals surface area (Å²) in [5, 5.41) is 79.2. The summed E-state index contributed by atoms with van der Waals surface area (Å²) in [6.45, 7) is 3.02. The number of primary amides is 1. The van der Waals surface area contributed by atoms with Crippen LogP contribution in [0.2, 0.25) is 0 Å². The molecule has 0 unspecified atom stereocenters. The monoisotopic (exact) mass is 1600 g/mol. The molecule has 626 valence electrons. The van der Waals surface area contributed by atoms with Gasteiger partial charge in [0.2, 0.25) is 76.8 Å². The number of unbranched alkanes of at least 4 members (excludes halogenated alkanes) is 2. The molecule has 27 N–H and O–H groups in total. The molecule has 12 atom stereocenters. The zero-order chi connectivity index (χ0) is 84.3. The number of nitrogens with one attached hydrogen (secondary N) is 15. The Hall–Kier alpha value is -12.1. The van der Waals surface area contributed by atoms with Crippen molar-refractivity contribution in [2.24, 2.45) is 28.9 Å². The van der Waals surface area contributed by atoms with Gasteiger partial charge in [0.15, 0.2) is 5.96 Å². The van der Waals surface area contributed by atoms with Crippen molar-refractivity contribution in [1.82, 2.24) is 83.7 Å². The maximum absolute atomic E-state index is 15.2. The van der Waals surface area contributed by atoms with E-state index in [-0.39, 0.29) is 94.8 Å². The molecule has 115 heavy (non-hydrogen) atoms. The molecular formula is C76H109N21O18. The number of para-hydroxylation sites is 1. The molecule has 1 aliphatic rings. The van der Waals surface area contributed by atoms with Crippen molar-refractivity contribution in [3.63, 3.8) is 0 Å². The van der Waals surface area contributed by atoms with Crippen LogP contribution in [0.3, 0.4) is 0 Å². The van der Waals surface area contributed by atoms with Crippen molar-refractivity contribution in [2.75, 3.05) is 39.4 Å². The lowest BCUT2D eigenvalue weighted by Crippen LogP contribution is -2.61. The van der Waals surface area contributed by atoms with Crippen LogP contribution in [0.4, 0.5) is 0 Å². The lowest BCUT2D eigenvalue weighted by molar-refractivity contribution is -0.142. The van der Waals surface area contributed by atoms with Gasteiger partial charge in [0.25, 0.3) is 0 Å². The molecule has 0 saturated carbocycles. The Morgan fingerprint density at radius 3 is 1.66 bits per heavy atom. The van der Waals surface area contributed by atoms with Crippen molar-refractivity contribution in [1.29, 1.82) is 5.41 Å². The minimum Gasteiger partial charge on any atom is -0.508 e. The van der Waals surface area contributed by atoms with Crippen molar-refractivity contribution in [3.05, 3.63) is 120 Å². The SMILES string of the molecule is CCCC[C@H](NC(=O)[C@H](CO)NC(=O)[C@H](Cc1ccc(O)cc1)NC(=O)[C@@H](N)CO)C(=O)N[C@@H](CCC(=O)O)C(=O)N[C@@H](Cc1c[nH]cn1)C(=O)N[C@@H](Cc1ccccc1)C(=O)N[C@@H](CCCNC(=N)N)C(=O)N[C@@H](Cc1c[nH]c2ccccc12)C(=O)NCC(=O)N[C@@H](CCCCN)C(=O)N1CCC[C@H]1C(=O)N[C@H](C(N)=O)C(C)C. The van der Waals surface area contributed by atoms with Gasteiger partial charge in [-0.05, 0) is 105 Å². The van der Waals surface area contributed by atoms with Crippen molar-refractivity contribution in [2.45, 2.75) is 196 Å². The molecule has 5 aromatic rings. The Morgan fingerprint density at radius 1 is 0.574 bits per heavy atom. The predicted octanol–water partition coefficient (Wildman–Crippen LogP) is -4.28. The van der Waals surface area contributed by atoms with Gasteiger partial charge in [-0.1, -0.05) is 94.3 Å². The van der Waals surface area contributed by atoms with E-state index in [4.69, 9.17) is 28.3 Å². The molecule has 13 amide bonds. The van der Waals surface area contributed by atoms with E-state index < -0.39 is 200 Å². The van der Waals surface area contributed by atoms with Gasteiger partial charge >= 0.3 is 5.97 Å². The number of imidazole rings is 1. The molecule has 3 aromatic carbocycles. The number of aromatic amines is 2. The molecule has 1 aliphatic heterocycles. The number of carbonyl (C=O) groups excluding carboxylic acids is 13. The number of phenols is 1. The number of likely N-dealkylation sites (tertiary alicyclic amines) is 1. The highest BCUT2D eigenvalue weighted by atomic mass is 16.4. The van der Waals surface area contributed by atoms with Gasteiger partial charge in [-0.3, -0.25) is 72.5 Å². The second kappa shape index (κ2) is 46.8. The molecule has 0 bridgehead atoms. The molecule has 0 spiro atoms. The van der Waals surface area contributed by atoms with E-state index in [1.807, 2.05) is 0 Å². The maximum Gasteiger partial charge on any atom is 0.303 e. The number of hydrogen-bond acceptors (Lipinski definition) is 21. The zero-order valence-electron chi connectivity index (χ0n) is 64.5. The summed E-state index contributed by atoms with van der Waals surface area (Å²) in [5.41, 5.74) is 25.0. The van der Waals surface area contributed by atoms with Gasteiger partial charge < -0.3 is 122 Å². The van der Waals surface area contributed by atoms with E-state index in [1.165, 1.54) is 41.7 Å². The van der Waals surface area contributed by atoms with Gasteiger partial charge in [-0.15, -0.1) is 0 Å². The quantitative estimate of drug-likeness (QED) is 0.00996. The molecule has 2 aromatic heterocycles. The Balaban J connectivity index is 1.25. The summed E-state index contributed by atoms with van der Waals surface area (Å²) in [7, 11) is 0. The molecule has 0 radical (unpaired) electrons. The number of H-pyrrole nitrogens is 2. The molecule has 39 heteroatoms. The predicted molar refractivity (Wildman–Crippen MR) is 418 cm³/mol. The normalized spacial score (nSPS) is 15.4. The number of carboxylic acids is 1. The summed E-state index contributed by atoms with van der Waals surface area (Å²) in [4.78, 5) is 208. The first kappa shape index (κ1) is 91.8. The van der Waals surface area contributed by atoms with Crippen LogP contribution in [0.5, 0.6) is 5.75 Å². The fourth-order valence-corrected chi connectivity index (χ4v) is 12.8. The minimum atomic E-state index is -1.79.